The number of rotatable bonds is 10. The van der Waals surface area contributed by atoms with Gasteiger partial charge in [-0.05, 0) is 78.4 Å². The number of non-ortho nitro benzene ring substituents is 1. The predicted octanol–water partition coefficient (Wildman–Crippen LogP) is 7.26. The topological polar surface area (TPSA) is 109 Å². The minimum atomic E-state index is -0.434. The minimum absolute atomic E-state index is 0.00973. The summed E-state index contributed by atoms with van der Waals surface area (Å²) in [5.74, 6) is 2.00. The smallest absolute Gasteiger partial charge is 0.282 e. The summed E-state index contributed by atoms with van der Waals surface area (Å²) in [6.07, 6.45) is 1.59. The first kappa shape index (κ1) is 29.2. The lowest BCUT2D eigenvalue weighted by atomic mass is 9.96. The van der Waals surface area contributed by atoms with Gasteiger partial charge in [-0.3, -0.25) is 14.9 Å². The Kier molecular flexibility index (Phi) is 8.61. The molecule has 218 valence electrons. The van der Waals surface area contributed by atoms with E-state index in [0.717, 1.165) is 22.4 Å². The van der Waals surface area contributed by atoms with E-state index >= 15 is 0 Å². The van der Waals surface area contributed by atoms with Gasteiger partial charge in [-0.1, -0.05) is 50.2 Å². The molecule has 5 aromatic rings. The van der Waals surface area contributed by atoms with Gasteiger partial charge in [0.25, 0.3) is 11.2 Å². The molecule has 0 saturated carbocycles. The quantitative estimate of drug-likeness (QED) is 0.0983. The molecule has 0 unspecified atom stereocenters. The summed E-state index contributed by atoms with van der Waals surface area (Å²) in [7, 11) is 0. The molecular formula is C34H32N4O5. The van der Waals surface area contributed by atoms with E-state index in [1.54, 1.807) is 42.6 Å². The molecule has 43 heavy (non-hydrogen) atoms. The summed E-state index contributed by atoms with van der Waals surface area (Å²) in [6.45, 7) is 8.84. The Hall–Kier alpha value is -5.31. The molecule has 0 aliphatic rings. The number of ether oxygens (including phenoxy) is 2. The fourth-order valence-electron chi connectivity index (χ4n) is 4.81. The number of aromatic nitrogens is 2. The molecule has 0 fully saturated rings. The number of aryl methyl sites for hydroxylation is 1. The highest BCUT2D eigenvalue weighted by atomic mass is 16.6. The van der Waals surface area contributed by atoms with E-state index in [1.165, 1.54) is 16.8 Å². The van der Waals surface area contributed by atoms with Crippen LogP contribution in [-0.2, 0) is 6.61 Å². The number of benzene rings is 4. The van der Waals surface area contributed by atoms with Crippen molar-refractivity contribution in [1.82, 2.24) is 9.66 Å². The van der Waals surface area contributed by atoms with Crippen molar-refractivity contribution >= 4 is 22.8 Å². The van der Waals surface area contributed by atoms with Gasteiger partial charge in [-0.2, -0.15) is 9.78 Å². The highest BCUT2D eigenvalue weighted by Crippen LogP contribution is 2.34. The van der Waals surface area contributed by atoms with Crippen LogP contribution in [0.4, 0.5) is 5.69 Å². The number of fused-ring (bicyclic) bond motifs is 1. The monoisotopic (exact) mass is 576 g/mol. The van der Waals surface area contributed by atoms with Crippen LogP contribution < -0.4 is 15.0 Å². The molecule has 0 aliphatic heterocycles. The van der Waals surface area contributed by atoms with Crippen molar-refractivity contribution < 1.29 is 14.4 Å². The number of nitrogens with zero attached hydrogens (tertiary/aromatic N) is 4. The van der Waals surface area contributed by atoms with Crippen molar-refractivity contribution in [1.29, 1.82) is 0 Å². The number of para-hydroxylation sites is 1. The summed E-state index contributed by atoms with van der Waals surface area (Å²) in [5, 5.41) is 16.2. The summed E-state index contributed by atoms with van der Waals surface area (Å²) in [4.78, 5) is 29.3. The Morgan fingerprint density at radius 2 is 1.79 bits per heavy atom. The first-order chi connectivity index (χ1) is 20.7. The minimum Gasteiger partial charge on any atom is -0.494 e. The van der Waals surface area contributed by atoms with Crippen molar-refractivity contribution in [3.05, 3.63) is 128 Å². The van der Waals surface area contributed by atoms with E-state index in [1.807, 2.05) is 50.2 Å². The molecule has 0 saturated heterocycles. The molecule has 9 heteroatoms. The van der Waals surface area contributed by atoms with Crippen LogP contribution in [-0.4, -0.2) is 27.4 Å². The fourth-order valence-corrected chi connectivity index (χ4v) is 4.81. The van der Waals surface area contributed by atoms with Crippen molar-refractivity contribution in [3.8, 4) is 22.9 Å². The lowest BCUT2D eigenvalue weighted by Crippen LogP contribution is -2.20. The van der Waals surface area contributed by atoms with Crippen LogP contribution in [0.3, 0.4) is 0 Å². The Morgan fingerprint density at radius 1 is 1.00 bits per heavy atom. The van der Waals surface area contributed by atoms with Gasteiger partial charge in [0.05, 0.1) is 28.6 Å². The van der Waals surface area contributed by atoms with Gasteiger partial charge in [-0.25, -0.2) is 4.98 Å². The van der Waals surface area contributed by atoms with Gasteiger partial charge in [0.15, 0.2) is 5.82 Å². The van der Waals surface area contributed by atoms with E-state index in [-0.39, 0.29) is 23.8 Å². The molecule has 0 bridgehead atoms. The number of nitro groups is 1. The second kappa shape index (κ2) is 12.7. The number of hydrogen-bond donors (Lipinski definition) is 0. The van der Waals surface area contributed by atoms with Gasteiger partial charge in [0.2, 0.25) is 0 Å². The SMILES string of the molecule is CCOc1cc(C)c(-c2nc3ccccc3c(=O)n2N=Cc2cccc(OCc3cccc([N+](=O)[O-])c3)c2)cc1C(C)C. The zero-order chi connectivity index (χ0) is 30.5. The van der Waals surface area contributed by atoms with Crippen LogP contribution >= 0.6 is 0 Å². The van der Waals surface area contributed by atoms with Crippen molar-refractivity contribution in [2.75, 3.05) is 6.61 Å². The molecule has 0 radical (unpaired) electrons. The normalized spacial score (nSPS) is 11.4. The summed E-state index contributed by atoms with van der Waals surface area (Å²) < 4.78 is 13.2. The highest BCUT2D eigenvalue weighted by Gasteiger charge is 2.18. The largest absolute Gasteiger partial charge is 0.494 e. The van der Waals surface area contributed by atoms with Crippen molar-refractivity contribution in [2.45, 2.75) is 40.2 Å². The molecule has 0 N–H and O–H groups in total. The summed E-state index contributed by atoms with van der Waals surface area (Å²) >= 11 is 0. The maximum atomic E-state index is 13.8. The Balaban J connectivity index is 1.53. The zero-order valence-electron chi connectivity index (χ0n) is 24.5. The Bertz CT molecular complexity index is 1890. The average molecular weight is 577 g/mol. The average Bonchev–Trinajstić information content (AvgIpc) is 3.00. The molecule has 4 aromatic carbocycles. The maximum Gasteiger partial charge on any atom is 0.282 e. The number of hydrogen-bond acceptors (Lipinski definition) is 7. The molecule has 1 aromatic heterocycles. The molecule has 0 aliphatic carbocycles. The van der Waals surface area contributed by atoms with E-state index in [9.17, 15) is 14.9 Å². The summed E-state index contributed by atoms with van der Waals surface area (Å²) in [5.41, 5.74) is 4.42. The molecule has 0 spiro atoms. The Morgan fingerprint density at radius 3 is 2.56 bits per heavy atom. The van der Waals surface area contributed by atoms with E-state index < -0.39 is 4.92 Å². The predicted molar refractivity (Wildman–Crippen MR) is 168 cm³/mol. The lowest BCUT2D eigenvalue weighted by molar-refractivity contribution is -0.384. The van der Waals surface area contributed by atoms with Crippen LogP contribution in [0.2, 0.25) is 0 Å². The lowest BCUT2D eigenvalue weighted by Gasteiger charge is -2.18. The maximum absolute atomic E-state index is 13.8. The van der Waals surface area contributed by atoms with E-state index in [4.69, 9.17) is 14.5 Å². The second-order valence-electron chi connectivity index (χ2n) is 10.4. The zero-order valence-corrected chi connectivity index (χ0v) is 24.5. The van der Waals surface area contributed by atoms with Crippen LogP contribution in [0.5, 0.6) is 11.5 Å². The first-order valence-corrected chi connectivity index (χ1v) is 14.0. The van der Waals surface area contributed by atoms with Crippen LogP contribution in [0.15, 0.2) is 94.8 Å². The standard InChI is InChI=1S/C34H32N4O5/c1-5-42-32-16-23(4)30(19-29(32)22(2)3)33-36-31-15-7-6-14-28(31)34(39)37(33)35-20-24-10-9-13-27(18-24)43-21-25-11-8-12-26(17-25)38(40)41/h6-20,22H,5,21H2,1-4H3. The molecule has 5 rings (SSSR count). The Labute approximate surface area is 249 Å². The highest BCUT2D eigenvalue weighted by molar-refractivity contribution is 5.82. The number of nitro benzene ring substituents is 1. The van der Waals surface area contributed by atoms with Crippen LogP contribution in [0.1, 0.15) is 48.9 Å². The van der Waals surface area contributed by atoms with Gasteiger partial charge < -0.3 is 9.47 Å². The molecule has 9 nitrogen and oxygen atoms in total. The van der Waals surface area contributed by atoms with Gasteiger partial charge in [-0.15, -0.1) is 0 Å². The molecular weight excluding hydrogens is 544 g/mol. The molecule has 1 heterocycles. The third-order valence-electron chi connectivity index (χ3n) is 6.98. The third-order valence-corrected chi connectivity index (χ3v) is 6.98. The van der Waals surface area contributed by atoms with Gasteiger partial charge in [0, 0.05) is 17.7 Å². The van der Waals surface area contributed by atoms with Gasteiger partial charge in [0.1, 0.15) is 18.1 Å². The van der Waals surface area contributed by atoms with E-state index in [2.05, 4.69) is 18.9 Å². The summed E-state index contributed by atoms with van der Waals surface area (Å²) in [6, 6.07) is 24.8. The molecule has 0 atom stereocenters. The first-order valence-electron chi connectivity index (χ1n) is 14.0. The molecule has 0 amide bonds. The van der Waals surface area contributed by atoms with Gasteiger partial charge >= 0.3 is 0 Å². The third kappa shape index (κ3) is 6.46. The van der Waals surface area contributed by atoms with Crippen molar-refractivity contribution in [3.63, 3.8) is 0 Å². The van der Waals surface area contributed by atoms with Crippen LogP contribution in [0.25, 0.3) is 22.3 Å². The second-order valence-corrected chi connectivity index (χ2v) is 10.4. The fraction of sp³-hybridized carbons (Fsp3) is 0.206. The van der Waals surface area contributed by atoms with Crippen LogP contribution in [0, 0.1) is 17.0 Å². The van der Waals surface area contributed by atoms with E-state index in [0.29, 0.717) is 40.2 Å². The van der Waals surface area contributed by atoms with Crippen molar-refractivity contribution in [2.24, 2.45) is 5.10 Å².